The van der Waals surface area contributed by atoms with E-state index in [1.165, 1.54) is 18.2 Å². The third-order valence-corrected chi connectivity index (χ3v) is 5.72. The number of hydrogen-bond acceptors (Lipinski definition) is 5. The minimum absolute atomic E-state index is 0.00135. The molecule has 2 aromatic rings. The predicted octanol–water partition coefficient (Wildman–Crippen LogP) is 0.362. The van der Waals surface area contributed by atoms with Crippen LogP contribution >= 0.6 is 0 Å². The fourth-order valence-corrected chi connectivity index (χ4v) is 4.05. The zero-order valence-corrected chi connectivity index (χ0v) is 13.6. The van der Waals surface area contributed by atoms with Gasteiger partial charge in [0.25, 0.3) is 0 Å². The smallest absolute Gasteiger partial charge is 0.408 e. The van der Waals surface area contributed by atoms with Crippen molar-refractivity contribution in [3.8, 4) is 0 Å². The first-order valence-electron chi connectivity index (χ1n) is 7.21. The zero-order chi connectivity index (χ0) is 16.8. The molecule has 1 fully saturated rings. The van der Waals surface area contributed by atoms with Gasteiger partial charge in [-0.15, -0.1) is 0 Å². The van der Waals surface area contributed by atoms with E-state index in [1.54, 1.807) is 4.90 Å². The van der Waals surface area contributed by atoms with Gasteiger partial charge in [0.15, 0.2) is 5.58 Å². The maximum atomic E-state index is 12.7. The molecule has 1 aliphatic rings. The molecule has 23 heavy (non-hydrogen) atoms. The number of H-pyrrole nitrogens is 1. The van der Waals surface area contributed by atoms with Crippen LogP contribution in [0.3, 0.4) is 0 Å². The van der Waals surface area contributed by atoms with Crippen molar-refractivity contribution in [1.29, 1.82) is 0 Å². The normalized spacial score (nSPS) is 17.3. The molecule has 124 valence electrons. The van der Waals surface area contributed by atoms with E-state index in [4.69, 9.17) is 4.42 Å². The van der Waals surface area contributed by atoms with Crippen molar-refractivity contribution >= 4 is 27.0 Å². The van der Waals surface area contributed by atoms with Gasteiger partial charge in [0.05, 0.1) is 17.0 Å². The molecule has 0 radical (unpaired) electrons. The second-order valence-electron chi connectivity index (χ2n) is 5.69. The Bertz CT molecular complexity index is 912. The number of piperazine rings is 1. The van der Waals surface area contributed by atoms with Gasteiger partial charge in [-0.2, -0.15) is 4.31 Å². The van der Waals surface area contributed by atoms with Crippen LogP contribution in [0.5, 0.6) is 0 Å². The van der Waals surface area contributed by atoms with Crippen LogP contribution in [0, 0.1) is 0 Å². The molecular weight excluding hydrogens is 322 g/mol. The molecular formula is C14H17N3O5S. The van der Waals surface area contributed by atoms with Crippen LogP contribution in [0.4, 0.5) is 0 Å². The molecule has 0 aliphatic carbocycles. The Hall–Kier alpha value is -2.13. The van der Waals surface area contributed by atoms with Gasteiger partial charge in [-0.25, -0.2) is 13.2 Å². The maximum absolute atomic E-state index is 12.7. The summed E-state index contributed by atoms with van der Waals surface area (Å²) in [5.74, 6) is -0.862. The van der Waals surface area contributed by atoms with Crippen molar-refractivity contribution < 1.29 is 17.6 Å². The summed E-state index contributed by atoms with van der Waals surface area (Å²) >= 11 is 0. The number of amides is 1. The van der Waals surface area contributed by atoms with Gasteiger partial charge >= 0.3 is 5.76 Å². The van der Waals surface area contributed by atoms with Gasteiger partial charge in [0, 0.05) is 25.2 Å². The van der Waals surface area contributed by atoms with Gasteiger partial charge in [-0.1, -0.05) is 0 Å². The van der Waals surface area contributed by atoms with Crippen molar-refractivity contribution in [2.24, 2.45) is 0 Å². The van der Waals surface area contributed by atoms with Gasteiger partial charge in [0.1, 0.15) is 0 Å². The average molecular weight is 339 g/mol. The molecule has 8 nitrogen and oxygen atoms in total. The zero-order valence-electron chi connectivity index (χ0n) is 12.8. The van der Waals surface area contributed by atoms with Gasteiger partial charge in [-0.05, 0) is 26.0 Å². The quantitative estimate of drug-likeness (QED) is 0.870. The highest BCUT2D eigenvalue weighted by atomic mass is 32.2. The number of rotatable bonds is 3. The van der Waals surface area contributed by atoms with E-state index in [0.717, 1.165) is 4.31 Å². The Kier molecular flexibility index (Phi) is 3.77. The predicted molar refractivity (Wildman–Crippen MR) is 82.4 cm³/mol. The summed E-state index contributed by atoms with van der Waals surface area (Å²) in [6.07, 6.45) is 0. The lowest BCUT2D eigenvalue weighted by Crippen LogP contribution is -2.54. The molecule has 0 saturated carbocycles. The standard InChI is InChI=1S/C14H17N3O5S/c1-9(2)17-6-5-16(8-13(17)18)23(20,21)10-3-4-11-12(7-10)22-14(19)15-11/h3-4,7,9H,5-6,8H2,1-2H3,(H,15,19). The number of carbonyl (C=O) groups excluding carboxylic acids is 1. The van der Waals surface area contributed by atoms with Crippen molar-refractivity contribution in [2.75, 3.05) is 19.6 Å². The third-order valence-electron chi connectivity index (χ3n) is 3.88. The number of aromatic nitrogens is 1. The van der Waals surface area contributed by atoms with Crippen LogP contribution in [0.15, 0.2) is 32.3 Å². The minimum atomic E-state index is -3.82. The highest BCUT2D eigenvalue weighted by Crippen LogP contribution is 2.22. The van der Waals surface area contributed by atoms with Crippen molar-refractivity contribution in [3.63, 3.8) is 0 Å². The number of oxazole rings is 1. The first kappa shape index (κ1) is 15.8. The summed E-state index contributed by atoms with van der Waals surface area (Å²) in [5, 5.41) is 0. The largest absolute Gasteiger partial charge is 0.417 e. The molecule has 0 unspecified atom stereocenters. The molecule has 1 aliphatic heterocycles. The number of aromatic amines is 1. The summed E-state index contributed by atoms with van der Waals surface area (Å²) in [7, 11) is -3.82. The van der Waals surface area contributed by atoms with E-state index in [2.05, 4.69) is 4.98 Å². The van der Waals surface area contributed by atoms with Gasteiger partial charge < -0.3 is 9.32 Å². The van der Waals surface area contributed by atoms with Crippen LogP contribution in [-0.2, 0) is 14.8 Å². The molecule has 0 bridgehead atoms. The molecule has 0 spiro atoms. The molecule has 1 aromatic heterocycles. The number of carbonyl (C=O) groups is 1. The third kappa shape index (κ3) is 2.77. The lowest BCUT2D eigenvalue weighted by atomic mass is 10.2. The molecule has 2 heterocycles. The van der Waals surface area contributed by atoms with E-state index >= 15 is 0 Å². The van der Waals surface area contributed by atoms with Crippen LogP contribution in [-0.4, -0.2) is 54.2 Å². The van der Waals surface area contributed by atoms with Crippen molar-refractivity contribution in [2.45, 2.75) is 24.8 Å². The Balaban J connectivity index is 1.91. The lowest BCUT2D eigenvalue weighted by Gasteiger charge is -2.35. The van der Waals surface area contributed by atoms with E-state index in [9.17, 15) is 18.0 Å². The summed E-state index contributed by atoms with van der Waals surface area (Å²) in [6.45, 7) is 4.20. The topological polar surface area (TPSA) is 104 Å². The molecule has 1 N–H and O–H groups in total. The Morgan fingerprint density at radius 1 is 1.22 bits per heavy atom. The van der Waals surface area contributed by atoms with Crippen LogP contribution in [0.25, 0.3) is 11.1 Å². The molecule has 3 rings (SSSR count). The summed E-state index contributed by atoms with van der Waals surface area (Å²) < 4.78 is 31.4. The second-order valence-corrected chi connectivity index (χ2v) is 7.63. The van der Waals surface area contributed by atoms with E-state index in [0.29, 0.717) is 12.1 Å². The van der Waals surface area contributed by atoms with Gasteiger partial charge in [-0.3, -0.25) is 9.78 Å². The lowest BCUT2D eigenvalue weighted by molar-refractivity contribution is -0.135. The van der Waals surface area contributed by atoms with Crippen LogP contribution in [0.2, 0.25) is 0 Å². The van der Waals surface area contributed by atoms with Gasteiger partial charge in [0.2, 0.25) is 15.9 Å². The summed E-state index contributed by atoms with van der Waals surface area (Å²) in [6, 6.07) is 4.20. The Morgan fingerprint density at radius 2 is 1.96 bits per heavy atom. The van der Waals surface area contributed by atoms with E-state index in [-0.39, 0.29) is 35.5 Å². The maximum Gasteiger partial charge on any atom is 0.417 e. The van der Waals surface area contributed by atoms with Crippen molar-refractivity contribution in [3.05, 3.63) is 28.7 Å². The Morgan fingerprint density at radius 3 is 2.61 bits per heavy atom. The number of sulfonamides is 1. The molecule has 0 atom stereocenters. The number of benzene rings is 1. The molecule has 1 saturated heterocycles. The molecule has 9 heteroatoms. The number of nitrogens with one attached hydrogen (secondary N) is 1. The monoisotopic (exact) mass is 339 g/mol. The highest BCUT2D eigenvalue weighted by Gasteiger charge is 2.33. The fraction of sp³-hybridized carbons (Fsp3) is 0.429. The Labute approximate surface area is 132 Å². The average Bonchev–Trinajstić information content (AvgIpc) is 2.85. The number of hydrogen-bond donors (Lipinski definition) is 1. The number of nitrogens with zero attached hydrogens (tertiary/aromatic N) is 2. The van der Waals surface area contributed by atoms with E-state index in [1.807, 2.05) is 13.8 Å². The SMILES string of the molecule is CC(C)N1CCN(S(=O)(=O)c2ccc3[nH]c(=O)oc3c2)CC1=O. The first-order valence-corrected chi connectivity index (χ1v) is 8.65. The molecule has 1 aromatic carbocycles. The first-order chi connectivity index (χ1) is 10.8. The number of fused-ring (bicyclic) bond motifs is 1. The highest BCUT2D eigenvalue weighted by molar-refractivity contribution is 7.89. The fourth-order valence-electron chi connectivity index (χ4n) is 2.65. The second kappa shape index (κ2) is 5.50. The van der Waals surface area contributed by atoms with Crippen LogP contribution < -0.4 is 5.76 Å². The van der Waals surface area contributed by atoms with E-state index < -0.39 is 15.8 Å². The molecule has 1 amide bonds. The van der Waals surface area contributed by atoms with Crippen molar-refractivity contribution in [1.82, 2.24) is 14.2 Å². The minimum Gasteiger partial charge on any atom is -0.408 e. The van der Waals surface area contributed by atoms with Crippen LogP contribution in [0.1, 0.15) is 13.8 Å². The summed E-state index contributed by atoms with van der Waals surface area (Å²) in [5.41, 5.74) is 0.595. The summed E-state index contributed by atoms with van der Waals surface area (Å²) in [4.78, 5) is 27.4.